The van der Waals surface area contributed by atoms with Crippen LogP contribution in [0.4, 0.5) is 13.2 Å². The summed E-state index contributed by atoms with van der Waals surface area (Å²) in [6.07, 6.45) is -0.142. The van der Waals surface area contributed by atoms with Crippen LogP contribution in [0.1, 0.15) is 5.56 Å². The third-order valence-corrected chi connectivity index (χ3v) is 1.91. The van der Waals surface area contributed by atoms with Crippen LogP contribution in [0.3, 0.4) is 0 Å². The average molecular weight is 211 g/mol. The van der Waals surface area contributed by atoms with Gasteiger partial charge in [0.25, 0.3) is 0 Å². The van der Waals surface area contributed by atoms with Crippen LogP contribution in [0.25, 0.3) is 0 Å². The normalized spacial score (nSPS) is 10.5. The molecule has 13 heavy (non-hydrogen) atoms. The number of aliphatic hydroxyl groups excluding tert-OH is 1. The maximum absolute atomic E-state index is 12.9. The Balaban J connectivity index is 3.24. The number of hydrogen-bond donors (Lipinski definition) is 1. The summed E-state index contributed by atoms with van der Waals surface area (Å²) in [6, 6.07) is 0.775. The summed E-state index contributed by atoms with van der Waals surface area (Å²) >= 11 is 5.10. The molecule has 0 fully saturated rings. The van der Waals surface area contributed by atoms with Gasteiger partial charge in [-0.3, -0.25) is 0 Å². The van der Waals surface area contributed by atoms with Crippen molar-refractivity contribution in [1.29, 1.82) is 0 Å². The second kappa shape index (κ2) is 3.98. The SMILES string of the molecule is OCCc1cc(F)c(Cl)c(F)c1F. The number of hydrogen-bond acceptors (Lipinski definition) is 1. The van der Waals surface area contributed by atoms with E-state index in [4.69, 9.17) is 16.7 Å². The predicted octanol–water partition coefficient (Wildman–Crippen LogP) is 2.29. The van der Waals surface area contributed by atoms with Gasteiger partial charge in [0.2, 0.25) is 0 Å². The van der Waals surface area contributed by atoms with E-state index in [2.05, 4.69) is 0 Å². The molecule has 1 aromatic carbocycles. The van der Waals surface area contributed by atoms with Crippen LogP contribution in [-0.2, 0) is 6.42 Å². The molecule has 0 spiro atoms. The minimum atomic E-state index is -1.41. The second-order valence-electron chi connectivity index (χ2n) is 2.43. The molecular formula is C8H6ClF3O. The molecule has 0 saturated heterocycles. The van der Waals surface area contributed by atoms with Gasteiger partial charge in [-0.1, -0.05) is 11.6 Å². The lowest BCUT2D eigenvalue weighted by atomic mass is 10.1. The quantitative estimate of drug-likeness (QED) is 0.587. The van der Waals surface area contributed by atoms with Gasteiger partial charge in [0.1, 0.15) is 10.8 Å². The van der Waals surface area contributed by atoms with Crippen LogP contribution in [0.2, 0.25) is 5.02 Å². The van der Waals surface area contributed by atoms with Crippen LogP contribution in [0, 0.1) is 17.5 Å². The molecule has 0 bridgehead atoms. The molecule has 1 nitrogen and oxygen atoms in total. The van der Waals surface area contributed by atoms with Gasteiger partial charge in [0.15, 0.2) is 11.6 Å². The molecule has 0 heterocycles. The second-order valence-corrected chi connectivity index (χ2v) is 2.81. The van der Waals surface area contributed by atoms with E-state index in [0.717, 1.165) is 6.07 Å². The van der Waals surface area contributed by atoms with E-state index in [1.807, 2.05) is 0 Å². The van der Waals surface area contributed by atoms with Gasteiger partial charge in [-0.15, -0.1) is 0 Å². The number of rotatable bonds is 2. The summed E-state index contributed by atoms with van der Waals surface area (Å²) < 4.78 is 38.4. The Morgan fingerprint density at radius 2 is 1.85 bits per heavy atom. The monoisotopic (exact) mass is 210 g/mol. The van der Waals surface area contributed by atoms with E-state index in [0.29, 0.717) is 0 Å². The summed E-state index contributed by atoms with van der Waals surface area (Å²) in [5.74, 6) is -3.64. The minimum absolute atomic E-state index is 0.142. The van der Waals surface area contributed by atoms with E-state index in [-0.39, 0.29) is 18.6 Å². The Hall–Kier alpha value is -0.740. The molecule has 72 valence electrons. The summed E-state index contributed by atoms with van der Waals surface area (Å²) in [5.41, 5.74) is -0.220. The molecule has 0 aliphatic heterocycles. The molecule has 0 aromatic heterocycles. The summed E-state index contributed by atoms with van der Waals surface area (Å²) in [6.45, 7) is -0.378. The van der Waals surface area contributed by atoms with Crippen LogP contribution < -0.4 is 0 Å². The van der Waals surface area contributed by atoms with Crippen molar-refractivity contribution in [2.24, 2.45) is 0 Å². The van der Waals surface area contributed by atoms with Crippen molar-refractivity contribution in [1.82, 2.24) is 0 Å². The first-order chi connectivity index (χ1) is 6.07. The summed E-state index contributed by atoms with van der Waals surface area (Å²) in [4.78, 5) is 0. The van der Waals surface area contributed by atoms with E-state index in [9.17, 15) is 13.2 Å². The molecule has 0 radical (unpaired) electrons. The van der Waals surface area contributed by atoms with Crippen molar-refractivity contribution in [3.8, 4) is 0 Å². The molecule has 0 aliphatic rings. The van der Waals surface area contributed by atoms with Crippen molar-refractivity contribution < 1.29 is 18.3 Å². The largest absolute Gasteiger partial charge is 0.396 e. The van der Waals surface area contributed by atoms with Gasteiger partial charge >= 0.3 is 0 Å². The van der Waals surface area contributed by atoms with Crippen molar-refractivity contribution >= 4 is 11.6 Å². The van der Waals surface area contributed by atoms with Crippen molar-refractivity contribution in [2.75, 3.05) is 6.61 Å². The highest BCUT2D eigenvalue weighted by molar-refractivity contribution is 6.30. The Labute approximate surface area is 77.8 Å². The van der Waals surface area contributed by atoms with Crippen molar-refractivity contribution in [3.63, 3.8) is 0 Å². The molecular weight excluding hydrogens is 205 g/mol. The smallest absolute Gasteiger partial charge is 0.180 e. The number of halogens is 4. The van der Waals surface area contributed by atoms with Gasteiger partial charge < -0.3 is 5.11 Å². The molecule has 1 rings (SSSR count). The first-order valence-corrected chi connectivity index (χ1v) is 3.88. The zero-order chi connectivity index (χ0) is 10.0. The van der Waals surface area contributed by atoms with Gasteiger partial charge in [0, 0.05) is 6.61 Å². The van der Waals surface area contributed by atoms with Crippen LogP contribution in [-0.4, -0.2) is 11.7 Å². The topological polar surface area (TPSA) is 20.2 Å². The van der Waals surface area contributed by atoms with Gasteiger partial charge in [-0.2, -0.15) is 0 Å². The third kappa shape index (κ3) is 1.95. The predicted molar refractivity (Wildman–Crippen MR) is 42.1 cm³/mol. The zero-order valence-electron chi connectivity index (χ0n) is 6.45. The van der Waals surface area contributed by atoms with Crippen LogP contribution >= 0.6 is 11.6 Å². The van der Waals surface area contributed by atoms with E-state index >= 15 is 0 Å². The Morgan fingerprint density at radius 1 is 1.23 bits per heavy atom. The fourth-order valence-electron chi connectivity index (χ4n) is 0.924. The summed E-state index contributed by atoms with van der Waals surface area (Å²) in [5, 5.41) is 7.59. The fourth-order valence-corrected chi connectivity index (χ4v) is 1.06. The van der Waals surface area contributed by atoms with E-state index < -0.39 is 22.5 Å². The molecule has 1 N–H and O–H groups in total. The molecule has 1 aromatic rings. The molecule has 0 aliphatic carbocycles. The maximum atomic E-state index is 12.9. The summed E-state index contributed by atoms with van der Waals surface area (Å²) in [7, 11) is 0. The molecule has 0 unspecified atom stereocenters. The lowest BCUT2D eigenvalue weighted by Gasteiger charge is -2.04. The van der Waals surface area contributed by atoms with Crippen molar-refractivity contribution in [3.05, 3.63) is 34.1 Å². The van der Waals surface area contributed by atoms with Gasteiger partial charge in [-0.25, -0.2) is 13.2 Å². The lowest BCUT2D eigenvalue weighted by molar-refractivity contribution is 0.296. The molecule has 0 atom stereocenters. The highest BCUT2D eigenvalue weighted by Gasteiger charge is 2.16. The van der Waals surface area contributed by atoms with Crippen molar-refractivity contribution in [2.45, 2.75) is 6.42 Å². The van der Waals surface area contributed by atoms with Gasteiger partial charge in [0.05, 0.1) is 0 Å². The molecule has 5 heteroatoms. The zero-order valence-corrected chi connectivity index (χ0v) is 7.21. The standard InChI is InChI=1S/C8H6ClF3O/c9-6-5(10)3-4(1-2-13)7(11)8(6)12/h3,13H,1-2H2. The highest BCUT2D eigenvalue weighted by Crippen LogP contribution is 2.24. The minimum Gasteiger partial charge on any atom is -0.396 e. The highest BCUT2D eigenvalue weighted by atomic mass is 35.5. The van der Waals surface area contributed by atoms with E-state index in [1.165, 1.54) is 0 Å². The number of aliphatic hydroxyl groups is 1. The average Bonchev–Trinajstić information content (AvgIpc) is 2.11. The fraction of sp³-hybridized carbons (Fsp3) is 0.250. The Morgan fingerprint density at radius 3 is 2.38 bits per heavy atom. The Kier molecular flexibility index (Phi) is 3.17. The number of benzene rings is 1. The molecule has 0 saturated carbocycles. The van der Waals surface area contributed by atoms with Gasteiger partial charge in [-0.05, 0) is 18.1 Å². The molecule has 0 amide bonds. The van der Waals surface area contributed by atoms with E-state index in [1.54, 1.807) is 0 Å². The van der Waals surface area contributed by atoms with Crippen LogP contribution in [0.5, 0.6) is 0 Å². The Bertz CT molecular complexity index is 328. The first kappa shape index (κ1) is 10.3. The third-order valence-electron chi connectivity index (χ3n) is 1.56. The lowest BCUT2D eigenvalue weighted by Crippen LogP contribution is -2.00. The first-order valence-electron chi connectivity index (χ1n) is 3.50. The van der Waals surface area contributed by atoms with Crippen LogP contribution in [0.15, 0.2) is 6.07 Å². The maximum Gasteiger partial charge on any atom is 0.180 e.